The van der Waals surface area contributed by atoms with Crippen molar-refractivity contribution in [3.8, 4) is 0 Å². The van der Waals surface area contributed by atoms with Crippen LogP contribution in [0.25, 0.3) is 0 Å². The second-order valence-electron chi connectivity index (χ2n) is 6.91. The van der Waals surface area contributed by atoms with Gasteiger partial charge in [-0.15, -0.1) is 0 Å². The second-order valence-corrected chi connectivity index (χ2v) is 6.91. The van der Waals surface area contributed by atoms with Gasteiger partial charge in [0, 0.05) is 43.9 Å². The predicted octanol–water partition coefficient (Wildman–Crippen LogP) is 2.54. The lowest BCUT2D eigenvalue weighted by molar-refractivity contribution is -0.117. The number of imidazole rings is 1. The van der Waals surface area contributed by atoms with Gasteiger partial charge >= 0.3 is 0 Å². The van der Waals surface area contributed by atoms with E-state index in [1.807, 2.05) is 7.05 Å². The SMILES string of the molecule is Cn1cnc(C2CC3CC(=O)CC3C2)c1C(=O)Nc1ccncc1. The molecule has 2 unspecified atom stereocenters. The molecule has 0 aromatic carbocycles. The third-order valence-electron chi connectivity index (χ3n) is 5.33. The van der Waals surface area contributed by atoms with E-state index in [1.54, 1.807) is 35.4 Å². The molecule has 2 aromatic rings. The average molecular weight is 324 g/mol. The highest BCUT2D eigenvalue weighted by Crippen LogP contribution is 2.49. The maximum atomic E-state index is 12.7. The first-order valence-corrected chi connectivity index (χ1v) is 8.36. The lowest BCUT2D eigenvalue weighted by atomic mass is 9.97. The maximum absolute atomic E-state index is 12.7. The number of carbonyl (C=O) groups excluding carboxylic acids is 2. The van der Waals surface area contributed by atoms with Gasteiger partial charge in [-0.3, -0.25) is 14.6 Å². The highest BCUT2D eigenvalue weighted by molar-refractivity contribution is 6.04. The highest BCUT2D eigenvalue weighted by Gasteiger charge is 2.43. The number of nitrogens with zero attached hydrogens (tertiary/aromatic N) is 3. The summed E-state index contributed by atoms with van der Waals surface area (Å²) >= 11 is 0. The minimum atomic E-state index is -0.149. The Labute approximate surface area is 140 Å². The number of ketones is 1. The van der Waals surface area contributed by atoms with Crippen LogP contribution in [0.1, 0.15) is 47.8 Å². The predicted molar refractivity (Wildman–Crippen MR) is 88.6 cm³/mol. The van der Waals surface area contributed by atoms with Gasteiger partial charge in [0.05, 0.1) is 12.0 Å². The third kappa shape index (κ3) is 2.62. The Balaban J connectivity index is 1.56. The van der Waals surface area contributed by atoms with Crippen molar-refractivity contribution in [2.75, 3.05) is 5.32 Å². The number of pyridine rings is 1. The van der Waals surface area contributed by atoms with Gasteiger partial charge in [-0.25, -0.2) is 4.98 Å². The number of amides is 1. The number of hydrogen-bond acceptors (Lipinski definition) is 4. The van der Waals surface area contributed by atoms with Crippen molar-refractivity contribution in [1.29, 1.82) is 0 Å². The molecule has 6 nitrogen and oxygen atoms in total. The van der Waals surface area contributed by atoms with Crippen molar-refractivity contribution in [3.05, 3.63) is 42.2 Å². The van der Waals surface area contributed by atoms with Crippen LogP contribution in [0.3, 0.4) is 0 Å². The van der Waals surface area contributed by atoms with Gasteiger partial charge < -0.3 is 9.88 Å². The molecule has 124 valence electrons. The van der Waals surface area contributed by atoms with Crippen LogP contribution >= 0.6 is 0 Å². The number of carbonyl (C=O) groups is 2. The van der Waals surface area contributed by atoms with Crippen molar-refractivity contribution in [2.24, 2.45) is 18.9 Å². The Morgan fingerprint density at radius 1 is 1.21 bits per heavy atom. The van der Waals surface area contributed by atoms with Crippen LogP contribution in [0.4, 0.5) is 5.69 Å². The van der Waals surface area contributed by atoms with Crippen LogP contribution in [0.2, 0.25) is 0 Å². The molecule has 2 atom stereocenters. The van der Waals surface area contributed by atoms with Gasteiger partial charge in [0.15, 0.2) is 0 Å². The fraction of sp³-hybridized carbons (Fsp3) is 0.444. The second kappa shape index (κ2) is 5.85. The summed E-state index contributed by atoms with van der Waals surface area (Å²) in [7, 11) is 1.84. The topological polar surface area (TPSA) is 76.9 Å². The molecule has 0 aliphatic heterocycles. The maximum Gasteiger partial charge on any atom is 0.274 e. The summed E-state index contributed by atoms with van der Waals surface area (Å²) in [5.41, 5.74) is 2.20. The first-order valence-electron chi connectivity index (χ1n) is 8.36. The number of fused-ring (bicyclic) bond motifs is 1. The molecule has 4 rings (SSSR count). The molecule has 2 fully saturated rings. The zero-order chi connectivity index (χ0) is 16.7. The summed E-state index contributed by atoms with van der Waals surface area (Å²) in [6.45, 7) is 0. The molecule has 2 aliphatic carbocycles. The lowest BCUT2D eigenvalue weighted by Crippen LogP contribution is -2.18. The van der Waals surface area contributed by atoms with E-state index in [0.717, 1.165) is 24.2 Å². The fourth-order valence-electron chi connectivity index (χ4n) is 4.25. The minimum absolute atomic E-state index is 0.149. The Morgan fingerprint density at radius 3 is 2.54 bits per heavy atom. The monoisotopic (exact) mass is 324 g/mol. The summed E-state index contributed by atoms with van der Waals surface area (Å²) in [6, 6.07) is 3.53. The molecule has 6 heteroatoms. The third-order valence-corrected chi connectivity index (χ3v) is 5.33. The normalized spacial score (nSPS) is 25.7. The molecule has 2 heterocycles. The number of aryl methyl sites for hydroxylation is 1. The zero-order valence-corrected chi connectivity index (χ0v) is 13.6. The van der Waals surface area contributed by atoms with Crippen molar-refractivity contribution in [2.45, 2.75) is 31.6 Å². The van der Waals surface area contributed by atoms with Gasteiger partial charge in [-0.05, 0) is 36.8 Å². The number of rotatable bonds is 3. The first kappa shape index (κ1) is 15.1. The number of hydrogen-bond donors (Lipinski definition) is 1. The number of aromatic nitrogens is 3. The molecule has 0 saturated heterocycles. The van der Waals surface area contributed by atoms with E-state index in [0.29, 0.717) is 36.2 Å². The molecule has 0 bridgehead atoms. The number of anilines is 1. The van der Waals surface area contributed by atoms with Crippen molar-refractivity contribution < 1.29 is 9.59 Å². The van der Waals surface area contributed by atoms with Crippen molar-refractivity contribution in [3.63, 3.8) is 0 Å². The van der Waals surface area contributed by atoms with Crippen LogP contribution in [0.5, 0.6) is 0 Å². The molecule has 1 amide bonds. The van der Waals surface area contributed by atoms with Gasteiger partial charge in [-0.1, -0.05) is 0 Å². The zero-order valence-electron chi connectivity index (χ0n) is 13.6. The van der Waals surface area contributed by atoms with Gasteiger partial charge in [0.2, 0.25) is 0 Å². The van der Waals surface area contributed by atoms with E-state index in [9.17, 15) is 9.59 Å². The first-order chi connectivity index (χ1) is 11.6. The molecule has 2 aromatic heterocycles. The summed E-state index contributed by atoms with van der Waals surface area (Å²) in [6.07, 6.45) is 8.32. The Bertz CT molecular complexity index is 768. The smallest absolute Gasteiger partial charge is 0.274 e. The van der Waals surface area contributed by atoms with Crippen molar-refractivity contribution >= 4 is 17.4 Å². The van der Waals surface area contributed by atoms with Crippen LogP contribution in [0, 0.1) is 11.8 Å². The molecule has 0 spiro atoms. The largest absolute Gasteiger partial charge is 0.329 e. The Morgan fingerprint density at radius 2 is 1.88 bits per heavy atom. The van der Waals surface area contributed by atoms with Crippen molar-refractivity contribution in [1.82, 2.24) is 14.5 Å². The fourth-order valence-corrected chi connectivity index (χ4v) is 4.25. The summed E-state index contributed by atoms with van der Waals surface area (Å²) in [5, 5.41) is 2.91. The van der Waals surface area contributed by atoms with E-state index >= 15 is 0 Å². The van der Waals surface area contributed by atoms with Gasteiger partial charge in [0.1, 0.15) is 11.5 Å². The van der Waals surface area contributed by atoms with Crippen LogP contribution in [-0.4, -0.2) is 26.2 Å². The summed E-state index contributed by atoms with van der Waals surface area (Å²) in [4.78, 5) is 32.8. The highest BCUT2D eigenvalue weighted by atomic mass is 16.2. The molecule has 0 radical (unpaired) electrons. The molecule has 2 aliphatic rings. The molecule has 2 saturated carbocycles. The van der Waals surface area contributed by atoms with Gasteiger partial charge in [0.25, 0.3) is 5.91 Å². The standard InChI is InChI=1S/C18H20N4O2/c1-22-10-20-16(13-6-11-8-15(23)9-12(11)7-13)17(22)18(24)21-14-2-4-19-5-3-14/h2-5,10-13H,6-9H2,1H3,(H,19,21,24). The van der Waals surface area contributed by atoms with Crippen LogP contribution in [0.15, 0.2) is 30.9 Å². The average Bonchev–Trinajstić information content (AvgIpc) is 3.20. The van der Waals surface area contributed by atoms with E-state index in [4.69, 9.17) is 0 Å². The minimum Gasteiger partial charge on any atom is -0.329 e. The quantitative estimate of drug-likeness (QED) is 0.941. The Kier molecular flexibility index (Phi) is 3.67. The molecular weight excluding hydrogens is 304 g/mol. The van der Waals surface area contributed by atoms with E-state index in [-0.39, 0.29) is 11.8 Å². The van der Waals surface area contributed by atoms with Crippen LogP contribution < -0.4 is 5.32 Å². The summed E-state index contributed by atoms with van der Waals surface area (Å²) < 4.78 is 1.78. The summed E-state index contributed by atoms with van der Waals surface area (Å²) in [5.74, 6) is 1.46. The number of Topliss-reactive ketones (excluding diaryl/α,β-unsaturated/α-hetero) is 1. The van der Waals surface area contributed by atoms with E-state index in [2.05, 4.69) is 15.3 Å². The van der Waals surface area contributed by atoms with Gasteiger partial charge in [-0.2, -0.15) is 0 Å². The number of nitrogens with one attached hydrogen (secondary N) is 1. The Hall–Kier alpha value is -2.50. The van der Waals surface area contributed by atoms with E-state index in [1.165, 1.54) is 0 Å². The molecular formula is C18H20N4O2. The lowest BCUT2D eigenvalue weighted by Gasteiger charge is -2.12. The molecule has 1 N–H and O–H groups in total. The van der Waals surface area contributed by atoms with Crippen LogP contribution in [-0.2, 0) is 11.8 Å². The molecule has 24 heavy (non-hydrogen) atoms. The van der Waals surface area contributed by atoms with E-state index < -0.39 is 0 Å².